The van der Waals surface area contributed by atoms with Crippen LogP contribution in [0.2, 0.25) is 0 Å². The highest BCUT2D eigenvalue weighted by Crippen LogP contribution is 2.29. The summed E-state index contributed by atoms with van der Waals surface area (Å²) in [5.41, 5.74) is 5.71. The summed E-state index contributed by atoms with van der Waals surface area (Å²) < 4.78 is 11.0. The van der Waals surface area contributed by atoms with Gasteiger partial charge in [0, 0.05) is 67.8 Å². The fraction of sp³-hybridized carbons (Fsp3) is 0.500. The Morgan fingerprint density at radius 2 is 1.81 bits per heavy atom. The number of hydrogen-bond acceptors (Lipinski definition) is 7. The Hall–Kier alpha value is -3.53. The van der Waals surface area contributed by atoms with E-state index in [-0.39, 0.29) is 29.1 Å². The van der Waals surface area contributed by atoms with Crippen molar-refractivity contribution in [2.45, 2.75) is 84.5 Å². The number of ether oxygens (including phenoxy) is 1. The molecule has 0 bridgehead atoms. The molecule has 0 radical (unpaired) electrons. The first kappa shape index (κ1) is 30.9. The first-order valence-electron chi connectivity index (χ1n) is 15.4. The van der Waals surface area contributed by atoms with Gasteiger partial charge in [-0.1, -0.05) is 38.1 Å². The van der Waals surface area contributed by atoms with Crippen molar-refractivity contribution in [3.8, 4) is 11.3 Å². The van der Waals surface area contributed by atoms with Gasteiger partial charge in [0.05, 0.1) is 6.10 Å². The van der Waals surface area contributed by atoms with Crippen molar-refractivity contribution < 1.29 is 18.8 Å². The lowest BCUT2D eigenvalue weighted by Gasteiger charge is -2.36. The number of aromatic nitrogens is 1. The highest BCUT2D eigenvalue weighted by molar-refractivity contribution is 6.05. The molecule has 3 N–H and O–H groups in total. The second kappa shape index (κ2) is 13.0. The molecule has 3 atom stereocenters. The lowest BCUT2D eigenvalue weighted by Crippen LogP contribution is -2.53. The Kier molecular flexibility index (Phi) is 9.34. The average Bonchev–Trinajstić information content (AvgIpc) is 3.64. The first-order valence-corrected chi connectivity index (χ1v) is 15.4. The number of carbonyl (C=O) groups excluding carboxylic acids is 2. The summed E-state index contributed by atoms with van der Waals surface area (Å²) in [6, 6.07) is 14.4. The molecule has 230 valence electrons. The predicted molar refractivity (Wildman–Crippen MR) is 168 cm³/mol. The topological polar surface area (TPSA) is 109 Å². The fourth-order valence-corrected chi connectivity index (χ4v) is 5.96. The predicted octanol–water partition coefficient (Wildman–Crippen LogP) is 5.29. The molecule has 1 aromatic heterocycles. The zero-order chi connectivity index (χ0) is 30.7. The van der Waals surface area contributed by atoms with E-state index in [4.69, 9.17) is 9.26 Å². The van der Waals surface area contributed by atoms with Crippen LogP contribution in [0.3, 0.4) is 0 Å². The van der Waals surface area contributed by atoms with E-state index in [1.807, 2.05) is 37.3 Å². The number of benzene rings is 2. The van der Waals surface area contributed by atoms with Gasteiger partial charge in [0.1, 0.15) is 5.69 Å². The molecule has 43 heavy (non-hydrogen) atoms. The molecule has 9 heteroatoms. The van der Waals surface area contributed by atoms with Crippen LogP contribution in [0.15, 0.2) is 47.0 Å². The van der Waals surface area contributed by atoms with Gasteiger partial charge in [-0.05, 0) is 80.0 Å². The zero-order valence-electron chi connectivity index (χ0n) is 26.3. The quantitative estimate of drug-likeness (QED) is 0.329. The molecule has 5 rings (SSSR count). The number of hydrogen-bond donors (Lipinski definition) is 3. The van der Waals surface area contributed by atoms with Crippen molar-refractivity contribution in [2.24, 2.45) is 0 Å². The van der Waals surface area contributed by atoms with Gasteiger partial charge >= 0.3 is 0 Å². The van der Waals surface area contributed by atoms with Crippen molar-refractivity contribution in [3.63, 3.8) is 0 Å². The number of anilines is 1. The number of piperazine rings is 1. The summed E-state index contributed by atoms with van der Waals surface area (Å²) in [6.07, 6.45) is 2.00. The average molecular weight is 588 g/mol. The van der Waals surface area contributed by atoms with Crippen LogP contribution in [0, 0.1) is 6.92 Å². The van der Waals surface area contributed by atoms with Gasteiger partial charge in [-0.2, -0.15) is 0 Å². The third-order valence-corrected chi connectivity index (χ3v) is 8.18. The largest absolute Gasteiger partial charge is 0.376 e. The van der Waals surface area contributed by atoms with E-state index in [0.717, 1.165) is 61.3 Å². The van der Waals surface area contributed by atoms with E-state index >= 15 is 0 Å². The minimum absolute atomic E-state index is 0.0449. The van der Waals surface area contributed by atoms with E-state index in [2.05, 4.69) is 66.7 Å². The normalized spacial score (nSPS) is 21.1. The molecule has 1 unspecified atom stereocenters. The fourth-order valence-electron chi connectivity index (χ4n) is 5.96. The summed E-state index contributed by atoms with van der Waals surface area (Å²) in [5.74, 6) is -0.351. The Bertz CT molecular complexity index is 1440. The van der Waals surface area contributed by atoms with Crippen molar-refractivity contribution in [2.75, 3.05) is 31.6 Å². The van der Waals surface area contributed by atoms with Gasteiger partial charge in [-0.3, -0.25) is 14.5 Å². The molecule has 0 spiro atoms. The molecule has 2 aliphatic heterocycles. The molecule has 2 aromatic carbocycles. The molecule has 9 nitrogen and oxygen atoms in total. The van der Waals surface area contributed by atoms with Crippen LogP contribution in [0.25, 0.3) is 11.3 Å². The molecular weight excluding hydrogens is 542 g/mol. The first-order chi connectivity index (χ1) is 20.4. The second-order valence-corrected chi connectivity index (χ2v) is 13.2. The van der Waals surface area contributed by atoms with Crippen LogP contribution in [0.1, 0.15) is 85.1 Å². The van der Waals surface area contributed by atoms with E-state index in [9.17, 15) is 9.59 Å². The van der Waals surface area contributed by atoms with Gasteiger partial charge < -0.3 is 25.2 Å². The molecule has 0 saturated carbocycles. The molecule has 2 aliphatic rings. The smallest absolute Gasteiger partial charge is 0.290 e. The van der Waals surface area contributed by atoms with Crippen molar-refractivity contribution in [1.29, 1.82) is 0 Å². The summed E-state index contributed by atoms with van der Waals surface area (Å²) in [7, 11) is 0. The standard InChI is InChI=1S/C34H45N5O4/c1-21-9-10-27(15-29(21)30-16-31(43-38-30)33(41)35-17-28-8-7-11-42-28)37-32(40)25-12-24(13-26(14-25)34(4,5)6)20-39-18-22(2)36-23(3)19-39/h9-10,12-16,22-23,28,36H,7-8,11,17-20H2,1-6H3,(H,35,41)(H,37,40)/t22-,23+,28?. The second-order valence-electron chi connectivity index (χ2n) is 13.2. The van der Waals surface area contributed by atoms with Crippen LogP contribution in [-0.4, -0.2) is 66.3 Å². The molecule has 0 aliphatic carbocycles. The number of carbonyl (C=O) groups is 2. The minimum atomic E-state index is -0.323. The van der Waals surface area contributed by atoms with Gasteiger partial charge in [0.2, 0.25) is 5.76 Å². The Balaban J connectivity index is 1.32. The molecule has 2 amide bonds. The highest BCUT2D eigenvalue weighted by Gasteiger charge is 2.24. The van der Waals surface area contributed by atoms with Crippen LogP contribution in [-0.2, 0) is 16.7 Å². The number of amides is 2. The van der Waals surface area contributed by atoms with Gasteiger partial charge in [0.25, 0.3) is 11.8 Å². The summed E-state index contributed by atoms with van der Waals surface area (Å²) in [4.78, 5) is 28.7. The highest BCUT2D eigenvalue weighted by atomic mass is 16.5. The SMILES string of the molecule is Cc1ccc(NC(=O)c2cc(CN3C[C@@H](C)N[C@@H](C)C3)cc(C(C)(C)C)c2)cc1-c1cc(C(=O)NCC2CCCO2)on1. The summed E-state index contributed by atoms with van der Waals surface area (Å²) >= 11 is 0. The van der Waals surface area contributed by atoms with E-state index in [1.165, 1.54) is 0 Å². The Morgan fingerprint density at radius 3 is 2.51 bits per heavy atom. The molecule has 2 saturated heterocycles. The zero-order valence-corrected chi connectivity index (χ0v) is 26.3. The Morgan fingerprint density at radius 1 is 1.05 bits per heavy atom. The van der Waals surface area contributed by atoms with E-state index < -0.39 is 0 Å². The van der Waals surface area contributed by atoms with Crippen LogP contribution >= 0.6 is 0 Å². The summed E-state index contributed by atoms with van der Waals surface area (Å²) in [6.45, 7) is 16.8. The van der Waals surface area contributed by atoms with E-state index in [1.54, 1.807) is 6.07 Å². The third kappa shape index (κ3) is 7.90. The number of aryl methyl sites for hydroxylation is 1. The molecule has 2 fully saturated rings. The van der Waals surface area contributed by atoms with E-state index in [0.29, 0.717) is 35.6 Å². The van der Waals surface area contributed by atoms with Gasteiger partial charge in [0.15, 0.2) is 0 Å². The summed E-state index contributed by atoms with van der Waals surface area (Å²) in [5, 5.41) is 13.7. The molecular formula is C34H45N5O4. The van der Waals surface area contributed by atoms with Gasteiger partial charge in [-0.25, -0.2) is 0 Å². The maximum absolute atomic E-state index is 13.6. The van der Waals surface area contributed by atoms with Crippen LogP contribution in [0.4, 0.5) is 5.69 Å². The monoisotopic (exact) mass is 587 g/mol. The lowest BCUT2D eigenvalue weighted by molar-refractivity contribution is 0.0827. The van der Waals surface area contributed by atoms with Crippen LogP contribution in [0.5, 0.6) is 0 Å². The van der Waals surface area contributed by atoms with Crippen molar-refractivity contribution in [1.82, 2.24) is 20.7 Å². The number of nitrogens with one attached hydrogen (secondary N) is 3. The maximum atomic E-state index is 13.6. The number of rotatable bonds is 8. The molecule has 3 heterocycles. The lowest BCUT2D eigenvalue weighted by atomic mass is 9.84. The maximum Gasteiger partial charge on any atom is 0.290 e. The number of nitrogens with zero attached hydrogens (tertiary/aromatic N) is 2. The van der Waals surface area contributed by atoms with Crippen LogP contribution < -0.4 is 16.0 Å². The van der Waals surface area contributed by atoms with Crippen molar-refractivity contribution >= 4 is 17.5 Å². The third-order valence-electron chi connectivity index (χ3n) is 8.18. The van der Waals surface area contributed by atoms with Gasteiger partial charge in [-0.15, -0.1) is 0 Å². The Labute approximate surface area is 254 Å². The minimum Gasteiger partial charge on any atom is -0.376 e. The van der Waals surface area contributed by atoms with Crippen molar-refractivity contribution in [3.05, 3.63) is 70.5 Å². The molecule has 3 aromatic rings.